The van der Waals surface area contributed by atoms with Crippen LogP contribution in [-0.4, -0.2) is 0 Å². The third kappa shape index (κ3) is 18.8. The van der Waals surface area contributed by atoms with E-state index in [9.17, 15) is 0 Å². The Hall–Kier alpha value is -1.56. The van der Waals surface area contributed by atoms with Crippen molar-refractivity contribution in [1.82, 2.24) is 0 Å². The van der Waals surface area contributed by atoms with Gasteiger partial charge in [0, 0.05) is 0 Å². The molecule has 0 aromatic heterocycles. The fourth-order valence-corrected chi connectivity index (χ4v) is 2.13. The van der Waals surface area contributed by atoms with Crippen LogP contribution in [0.15, 0.2) is 48.5 Å². The van der Waals surface area contributed by atoms with Crippen LogP contribution in [0.5, 0.6) is 0 Å². The highest BCUT2D eigenvalue weighted by Crippen LogP contribution is 2.03. The topological polar surface area (TPSA) is 0 Å². The molecule has 0 heterocycles. The minimum Gasteiger partial charge on any atom is -0.0776 e. The molecule has 0 aliphatic rings. The molecule has 2 aromatic rings. The molecule has 0 unspecified atom stereocenters. The van der Waals surface area contributed by atoms with Gasteiger partial charge in [0.25, 0.3) is 0 Å². The Balaban J connectivity index is -0.000000294. The largest absolute Gasteiger partial charge is 0.0776 e. The molecule has 2 rings (SSSR count). The number of hydrogen-bond acceptors (Lipinski definition) is 0. The summed E-state index contributed by atoms with van der Waals surface area (Å²) in [7, 11) is 0. The maximum atomic E-state index is 2.26. The van der Waals surface area contributed by atoms with Crippen LogP contribution in [0.2, 0.25) is 0 Å². The zero-order chi connectivity index (χ0) is 18.2. The van der Waals surface area contributed by atoms with E-state index in [1.54, 1.807) is 0 Å². The minimum absolute atomic E-state index is 0. The van der Waals surface area contributed by atoms with Crippen molar-refractivity contribution in [3.05, 3.63) is 70.8 Å². The van der Waals surface area contributed by atoms with Gasteiger partial charge >= 0.3 is 0 Å². The van der Waals surface area contributed by atoms with E-state index in [0.29, 0.717) is 0 Å². The van der Waals surface area contributed by atoms with E-state index in [1.165, 1.54) is 60.8 Å². The SMILES string of the molecule is C.C.CCCCCCCC.Cc1ccc(C)cc1.Cc1ccc(C)cc1. The summed E-state index contributed by atoms with van der Waals surface area (Å²) >= 11 is 0. The highest BCUT2D eigenvalue weighted by Gasteiger charge is 1.83. The first-order valence-corrected chi connectivity index (χ1v) is 9.56. The number of hydrogen-bond donors (Lipinski definition) is 0. The molecule has 0 amide bonds. The summed E-state index contributed by atoms with van der Waals surface area (Å²) in [6.45, 7) is 12.9. The normalized spacial score (nSPS) is 8.69. The fraction of sp³-hybridized carbons (Fsp3) is 0.538. The molecule has 2 aromatic carbocycles. The smallest absolute Gasteiger partial charge is 0.0398 e. The van der Waals surface area contributed by atoms with Gasteiger partial charge in [0.1, 0.15) is 0 Å². The van der Waals surface area contributed by atoms with Gasteiger partial charge in [0.05, 0.1) is 0 Å². The van der Waals surface area contributed by atoms with Gasteiger partial charge in [0.2, 0.25) is 0 Å². The van der Waals surface area contributed by atoms with Crippen LogP contribution in [0, 0.1) is 27.7 Å². The number of aryl methyl sites for hydroxylation is 4. The van der Waals surface area contributed by atoms with E-state index >= 15 is 0 Å². The van der Waals surface area contributed by atoms with E-state index in [1.807, 2.05) is 0 Å². The number of unbranched alkanes of at least 4 members (excludes halogenated alkanes) is 5. The molecule has 0 atom stereocenters. The molecule has 0 fully saturated rings. The average Bonchev–Trinajstić information content (AvgIpc) is 2.58. The highest BCUT2D eigenvalue weighted by atomic mass is 13.9. The van der Waals surface area contributed by atoms with Crippen LogP contribution >= 0.6 is 0 Å². The zero-order valence-electron chi connectivity index (χ0n) is 16.9. The first-order valence-electron chi connectivity index (χ1n) is 9.56. The van der Waals surface area contributed by atoms with Gasteiger partial charge in [-0.05, 0) is 27.7 Å². The van der Waals surface area contributed by atoms with Crippen molar-refractivity contribution in [1.29, 1.82) is 0 Å². The van der Waals surface area contributed by atoms with Gasteiger partial charge in [-0.2, -0.15) is 0 Å². The lowest BCUT2D eigenvalue weighted by molar-refractivity contribution is 0.624. The van der Waals surface area contributed by atoms with Crippen LogP contribution < -0.4 is 0 Å². The fourth-order valence-electron chi connectivity index (χ4n) is 2.13. The van der Waals surface area contributed by atoms with E-state index in [4.69, 9.17) is 0 Å². The summed E-state index contributed by atoms with van der Waals surface area (Å²) < 4.78 is 0. The third-order valence-corrected chi connectivity index (χ3v) is 3.89. The lowest BCUT2D eigenvalue weighted by atomic mass is 10.1. The molecule has 0 N–H and O–H groups in total. The quantitative estimate of drug-likeness (QED) is 0.467. The Morgan fingerprint density at radius 2 is 0.615 bits per heavy atom. The molecule has 26 heavy (non-hydrogen) atoms. The Bertz CT molecular complexity index is 399. The molecular formula is C26H46. The number of benzene rings is 2. The lowest BCUT2D eigenvalue weighted by Crippen LogP contribution is -1.73. The summed E-state index contributed by atoms with van der Waals surface area (Å²) in [4.78, 5) is 0. The molecule has 0 radical (unpaired) electrons. The summed E-state index contributed by atoms with van der Waals surface area (Å²) in [6, 6.07) is 17.0. The van der Waals surface area contributed by atoms with E-state index in [0.717, 1.165) is 0 Å². The summed E-state index contributed by atoms with van der Waals surface area (Å²) in [5.41, 5.74) is 5.32. The molecule has 0 nitrogen and oxygen atoms in total. The van der Waals surface area contributed by atoms with Gasteiger partial charge in [-0.15, -0.1) is 0 Å². The monoisotopic (exact) mass is 358 g/mol. The van der Waals surface area contributed by atoms with Crippen molar-refractivity contribution >= 4 is 0 Å². The second kappa shape index (κ2) is 19.8. The number of rotatable bonds is 5. The van der Waals surface area contributed by atoms with Crippen molar-refractivity contribution < 1.29 is 0 Å². The van der Waals surface area contributed by atoms with Crippen molar-refractivity contribution in [2.45, 2.75) is 94.9 Å². The second-order valence-corrected chi connectivity index (χ2v) is 6.72. The van der Waals surface area contributed by atoms with Crippen LogP contribution in [0.25, 0.3) is 0 Å². The maximum absolute atomic E-state index is 2.26. The molecule has 0 saturated heterocycles. The standard InChI is InChI=1S/2C8H10.C8H18.2CH4/c2*1-7-3-5-8(2)6-4-7;1-3-5-7-8-6-4-2;;/h2*3-6H,1-2H3;3-8H2,1-2H3;2*1H4. The van der Waals surface area contributed by atoms with Crippen LogP contribution in [0.1, 0.15) is 89.5 Å². The zero-order valence-corrected chi connectivity index (χ0v) is 16.9. The first-order chi connectivity index (χ1) is 11.5. The molecule has 0 aliphatic heterocycles. The van der Waals surface area contributed by atoms with E-state index in [2.05, 4.69) is 90.1 Å². The Labute approximate surface area is 166 Å². The minimum atomic E-state index is 0. The molecular weight excluding hydrogens is 312 g/mol. The predicted octanol–water partition coefficient (Wildman–Crippen LogP) is 9.25. The van der Waals surface area contributed by atoms with Gasteiger partial charge in [-0.25, -0.2) is 0 Å². The summed E-state index contributed by atoms with van der Waals surface area (Å²) in [6.07, 6.45) is 8.49. The van der Waals surface area contributed by atoms with Crippen LogP contribution in [0.3, 0.4) is 0 Å². The molecule has 0 aliphatic carbocycles. The Morgan fingerprint density at radius 3 is 0.769 bits per heavy atom. The van der Waals surface area contributed by atoms with E-state index < -0.39 is 0 Å². The predicted molar refractivity (Wildman–Crippen MR) is 124 cm³/mol. The molecule has 0 heteroatoms. The van der Waals surface area contributed by atoms with Crippen molar-refractivity contribution in [3.63, 3.8) is 0 Å². The maximum Gasteiger partial charge on any atom is -0.0398 e. The van der Waals surface area contributed by atoms with Gasteiger partial charge in [0.15, 0.2) is 0 Å². The van der Waals surface area contributed by atoms with E-state index in [-0.39, 0.29) is 14.9 Å². The first kappa shape index (κ1) is 29.2. The van der Waals surface area contributed by atoms with Gasteiger partial charge in [-0.3, -0.25) is 0 Å². The molecule has 0 saturated carbocycles. The third-order valence-electron chi connectivity index (χ3n) is 3.89. The van der Waals surface area contributed by atoms with Gasteiger partial charge < -0.3 is 0 Å². The molecule has 150 valence electrons. The molecule has 0 bridgehead atoms. The second-order valence-electron chi connectivity index (χ2n) is 6.72. The summed E-state index contributed by atoms with van der Waals surface area (Å²) in [5, 5.41) is 0. The van der Waals surface area contributed by atoms with Gasteiger partial charge in [-0.1, -0.05) is 138 Å². The lowest BCUT2D eigenvalue weighted by Gasteiger charge is -1.93. The molecule has 0 spiro atoms. The van der Waals surface area contributed by atoms with Crippen LogP contribution in [0.4, 0.5) is 0 Å². The summed E-state index contributed by atoms with van der Waals surface area (Å²) in [5.74, 6) is 0. The Kier molecular flexibility index (Phi) is 22.2. The van der Waals surface area contributed by atoms with Crippen molar-refractivity contribution in [2.75, 3.05) is 0 Å². The Morgan fingerprint density at radius 1 is 0.423 bits per heavy atom. The average molecular weight is 359 g/mol. The van der Waals surface area contributed by atoms with Crippen molar-refractivity contribution in [3.8, 4) is 0 Å². The highest BCUT2D eigenvalue weighted by molar-refractivity contribution is 5.20. The van der Waals surface area contributed by atoms with Crippen molar-refractivity contribution in [2.24, 2.45) is 0 Å². The van der Waals surface area contributed by atoms with Crippen LogP contribution in [-0.2, 0) is 0 Å².